The Balaban J connectivity index is 2.15. The van der Waals surface area contributed by atoms with Gasteiger partial charge in [-0.05, 0) is 36.4 Å². The van der Waals surface area contributed by atoms with Crippen molar-refractivity contribution in [3.63, 3.8) is 0 Å². The minimum absolute atomic E-state index is 0.836. The first kappa shape index (κ1) is 10.8. The summed E-state index contributed by atoms with van der Waals surface area (Å²) in [6, 6.07) is 20.0. The van der Waals surface area contributed by atoms with E-state index in [4.69, 9.17) is 0 Å². The molecule has 0 atom stereocenters. The number of para-hydroxylation sites is 1. The van der Waals surface area contributed by atoms with Crippen molar-refractivity contribution in [2.75, 3.05) is 0 Å². The fourth-order valence-electron chi connectivity index (χ4n) is 1.16. The highest BCUT2D eigenvalue weighted by Gasteiger charge is 1.87. The molecule has 0 unspecified atom stereocenters. The molecule has 0 N–H and O–H groups in total. The molecule has 3 heteroatoms. The second-order valence-corrected chi connectivity index (χ2v) is 4.05. The lowest BCUT2D eigenvalue weighted by molar-refractivity contribution is 1.48. The highest BCUT2D eigenvalue weighted by atomic mass is 79.9. The first-order chi connectivity index (χ1) is 7.84. The zero-order chi connectivity index (χ0) is 11.2. The maximum Gasteiger partial charge on any atom is 0.100 e. The van der Waals surface area contributed by atoms with E-state index in [1.807, 2.05) is 54.6 Å². The normalized spacial score (nSPS) is 9.31. The van der Waals surface area contributed by atoms with Gasteiger partial charge in [-0.2, -0.15) is 9.98 Å². The summed E-state index contributed by atoms with van der Waals surface area (Å²) in [4.78, 5) is 8.20. The summed E-state index contributed by atoms with van der Waals surface area (Å²) in [5.74, 6) is 0. The van der Waals surface area contributed by atoms with E-state index in [0.717, 1.165) is 15.8 Å². The standard InChI is InChI=1S/C13H9BrN2/c14-11-6-8-13(9-7-11)16-10-15-12-4-2-1-3-5-12/h1-9H. The molecule has 0 aliphatic carbocycles. The van der Waals surface area contributed by atoms with Crippen LogP contribution in [0.1, 0.15) is 0 Å². The number of aliphatic imine (C=N–C) groups is 2. The van der Waals surface area contributed by atoms with Crippen LogP contribution < -0.4 is 0 Å². The summed E-state index contributed by atoms with van der Waals surface area (Å²) in [7, 11) is 0. The van der Waals surface area contributed by atoms with Gasteiger partial charge in [0.25, 0.3) is 0 Å². The summed E-state index contributed by atoms with van der Waals surface area (Å²) in [6.07, 6.45) is 0. The fraction of sp³-hybridized carbons (Fsp3) is 0. The number of nitrogens with zero attached hydrogens (tertiary/aromatic N) is 2. The second kappa shape index (κ2) is 5.40. The lowest BCUT2D eigenvalue weighted by Crippen LogP contribution is -1.65. The smallest absolute Gasteiger partial charge is 0.100 e. The van der Waals surface area contributed by atoms with Crippen LogP contribution in [0.5, 0.6) is 0 Å². The zero-order valence-electron chi connectivity index (χ0n) is 8.47. The fourth-order valence-corrected chi connectivity index (χ4v) is 1.42. The lowest BCUT2D eigenvalue weighted by atomic mass is 10.3. The second-order valence-electron chi connectivity index (χ2n) is 3.14. The monoisotopic (exact) mass is 272 g/mol. The number of halogens is 1. The van der Waals surface area contributed by atoms with Gasteiger partial charge in [0.1, 0.15) is 6.01 Å². The summed E-state index contributed by atoms with van der Waals surface area (Å²) >= 11 is 3.36. The summed E-state index contributed by atoms with van der Waals surface area (Å²) in [6.45, 7) is 0. The summed E-state index contributed by atoms with van der Waals surface area (Å²) in [5, 5.41) is 0. The van der Waals surface area contributed by atoms with Gasteiger partial charge < -0.3 is 0 Å². The maximum atomic E-state index is 4.11. The quantitative estimate of drug-likeness (QED) is 0.715. The molecule has 2 rings (SSSR count). The van der Waals surface area contributed by atoms with Gasteiger partial charge in [0.15, 0.2) is 0 Å². The third kappa shape index (κ3) is 3.16. The lowest BCUT2D eigenvalue weighted by Gasteiger charge is -1.90. The van der Waals surface area contributed by atoms with Gasteiger partial charge in [-0.15, -0.1) is 0 Å². The van der Waals surface area contributed by atoms with E-state index < -0.39 is 0 Å². The van der Waals surface area contributed by atoms with E-state index >= 15 is 0 Å². The molecule has 0 aliphatic heterocycles. The molecule has 0 heterocycles. The Morgan fingerprint density at radius 1 is 0.750 bits per heavy atom. The van der Waals surface area contributed by atoms with Crippen molar-refractivity contribution in [2.45, 2.75) is 0 Å². The molecule has 0 aromatic heterocycles. The summed E-state index contributed by atoms with van der Waals surface area (Å²) < 4.78 is 1.03. The largest absolute Gasteiger partial charge is 0.188 e. The Hall–Kier alpha value is -1.70. The van der Waals surface area contributed by atoms with Gasteiger partial charge in [0, 0.05) is 4.47 Å². The molecule has 0 saturated carbocycles. The van der Waals surface area contributed by atoms with Crippen molar-refractivity contribution in [3.8, 4) is 0 Å². The van der Waals surface area contributed by atoms with E-state index in [2.05, 4.69) is 31.9 Å². The number of rotatable bonds is 2. The van der Waals surface area contributed by atoms with Crippen molar-refractivity contribution in [1.29, 1.82) is 0 Å². The first-order valence-corrected chi connectivity index (χ1v) is 5.61. The van der Waals surface area contributed by atoms with Crippen LogP contribution in [-0.4, -0.2) is 6.01 Å². The van der Waals surface area contributed by atoms with E-state index in [1.54, 1.807) is 0 Å². The van der Waals surface area contributed by atoms with Crippen LogP contribution >= 0.6 is 15.9 Å². The predicted molar refractivity (Wildman–Crippen MR) is 69.8 cm³/mol. The highest BCUT2D eigenvalue weighted by Crippen LogP contribution is 2.16. The Morgan fingerprint density at radius 2 is 1.31 bits per heavy atom. The molecule has 0 aliphatic rings. The number of hydrogen-bond acceptors (Lipinski definition) is 2. The van der Waals surface area contributed by atoms with Gasteiger partial charge in [-0.25, -0.2) is 0 Å². The van der Waals surface area contributed by atoms with Crippen LogP contribution in [0.3, 0.4) is 0 Å². The van der Waals surface area contributed by atoms with Crippen LogP contribution in [0.25, 0.3) is 0 Å². The number of benzene rings is 2. The molecule has 2 nitrogen and oxygen atoms in total. The van der Waals surface area contributed by atoms with Gasteiger partial charge in [0.05, 0.1) is 11.4 Å². The van der Waals surface area contributed by atoms with Crippen LogP contribution in [0.4, 0.5) is 11.4 Å². The molecule has 16 heavy (non-hydrogen) atoms. The van der Waals surface area contributed by atoms with E-state index in [1.165, 1.54) is 0 Å². The third-order valence-corrected chi connectivity index (χ3v) is 2.47. The average molecular weight is 273 g/mol. The van der Waals surface area contributed by atoms with Crippen molar-refractivity contribution in [2.24, 2.45) is 9.98 Å². The predicted octanol–water partition coefficient (Wildman–Crippen LogP) is 4.59. The minimum atomic E-state index is 0.836. The van der Waals surface area contributed by atoms with Crippen LogP contribution in [0.15, 0.2) is 69.1 Å². The van der Waals surface area contributed by atoms with Crippen molar-refractivity contribution < 1.29 is 0 Å². The van der Waals surface area contributed by atoms with Crippen molar-refractivity contribution in [1.82, 2.24) is 0 Å². The van der Waals surface area contributed by atoms with Crippen molar-refractivity contribution >= 4 is 33.3 Å². The SMILES string of the molecule is Brc1ccc(N=C=Nc2ccccc2)cc1. The Morgan fingerprint density at radius 3 is 1.94 bits per heavy atom. The van der Waals surface area contributed by atoms with Crippen molar-refractivity contribution in [3.05, 3.63) is 59.1 Å². The maximum absolute atomic E-state index is 4.11. The molecule has 0 fully saturated rings. The molecule has 0 saturated heterocycles. The average Bonchev–Trinajstić information content (AvgIpc) is 2.33. The first-order valence-electron chi connectivity index (χ1n) is 4.82. The zero-order valence-corrected chi connectivity index (χ0v) is 10.1. The molecule has 2 aromatic carbocycles. The van der Waals surface area contributed by atoms with E-state index in [-0.39, 0.29) is 0 Å². The third-order valence-electron chi connectivity index (χ3n) is 1.94. The Labute approximate surface area is 103 Å². The topological polar surface area (TPSA) is 24.7 Å². The summed E-state index contributed by atoms with van der Waals surface area (Å²) in [5.41, 5.74) is 1.69. The molecule has 0 bridgehead atoms. The molecular weight excluding hydrogens is 264 g/mol. The van der Waals surface area contributed by atoms with Crippen LogP contribution in [0.2, 0.25) is 0 Å². The Bertz CT molecular complexity index is 511. The highest BCUT2D eigenvalue weighted by molar-refractivity contribution is 9.10. The molecule has 0 spiro atoms. The van der Waals surface area contributed by atoms with Crippen LogP contribution in [0, 0.1) is 0 Å². The van der Waals surface area contributed by atoms with Gasteiger partial charge in [-0.1, -0.05) is 34.1 Å². The van der Waals surface area contributed by atoms with Gasteiger partial charge in [-0.3, -0.25) is 0 Å². The van der Waals surface area contributed by atoms with Crippen LogP contribution in [-0.2, 0) is 0 Å². The van der Waals surface area contributed by atoms with E-state index in [9.17, 15) is 0 Å². The molecular formula is C13H9BrN2. The molecule has 2 aromatic rings. The number of hydrogen-bond donors (Lipinski definition) is 0. The Kier molecular flexibility index (Phi) is 3.65. The minimum Gasteiger partial charge on any atom is -0.188 e. The van der Waals surface area contributed by atoms with Gasteiger partial charge in [0.2, 0.25) is 0 Å². The molecule has 78 valence electrons. The van der Waals surface area contributed by atoms with E-state index in [0.29, 0.717) is 0 Å². The molecule has 0 amide bonds. The molecule has 0 radical (unpaired) electrons. The van der Waals surface area contributed by atoms with Gasteiger partial charge >= 0.3 is 0 Å².